The second-order valence-corrected chi connectivity index (χ2v) is 7.57. The number of carbonyl (C=O) groups is 1. The molecule has 5 nitrogen and oxygen atoms in total. The SMILES string of the molecule is O=C1Nc2ccc3ncccc3c2/C1=C/CCNc1ccc(Cc2ccncc2)cc1. The number of hydrogen-bond donors (Lipinski definition) is 2. The molecule has 0 spiro atoms. The Kier molecular flexibility index (Phi) is 5.15. The van der Waals surface area contributed by atoms with Gasteiger partial charge in [0.05, 0.1) is 5.52 Å². The van der Waals surface area contributed by atoms with E-state index in [1.54, 1.807) is 6.20 Å². The summed E-state index contributed by atoms with van der Waals surface area (Å²) in [6.45, 7) is 0.749. The van der Waals surface area contributed by atoms with Crippen molar-refractivity contribution >= 4 is 33.8 Å². The molecule has 0 unspecified atom stereocenters. The molecule has 2 aromatic carbocycles. The van der Waals surface area contributed by atoms with E-state index in [9.17, 15) is 4.79 Å². The molecule has 4 aromatic rings. The van der Waals surface area contributed by atoms with E-state index >= 15 is 0 Å². The quantitative estimate of drug-likeness (QED) is 0.347. The van der Waals surface area contributed by atoms with Crippen molar-refractivity contribution in [1.29, 1.82) is 0 Å². The van der Waals surface area contributed by atoms with Gasteiger partial charge < -0.3 is 10.6 Å². The van der Waals surface area contributed by atoms with Crippen molar-refractivity contribution in [3.8, 4) is 0 Å². The molecule has 5 heteroatoms. The molecule has 2 N–H and O–H groups in total. The van der Waals surface area contributed by atoms with E-state index in [1.165, 1.54) is 11.1 Å². The molecule has 1 aliphatic rings. The highest BCUT2D eigenvalue weighted by molar-refractivity contribution is 6.34. The topological polar surface area (TPSA) is 66.9 Å². The summed E-state index contributed by atoms with van der Waals surface area (Å²) >= 11 is 0. The second-order valence-electron chi connectivity index (χ2n) is 7.57. The largest absolute Gasteiger partial charge is 0.385 e. The first kappa shape index (κ1) is 19.0. The smallest absolute Gasteiger partial charge is 0.256 e. The van der Waals surface area contributed by atoms with Crippen LogP contribution in [0.15, 0.2) is 85.3 Å². The molecule has 2 aromatic heterocycles. The number of nitrogens with one attached hydrogen (secondary N) is 2. The molecule has 1 aliphatic heterocycles. The first-order chi connectivity index (χ1) is 15.3. The number of benzene rings is 2. The van der Waals surface area contributed by atoms with Crippen molar-refractivity contribution in [2.45, 2.75) is 12.8 Å². The van der Waals surface area contributed by atoms with Crippen molar-refractivity contribution in [1.82, 2.24) is 9.97 Å². The van der Waals surface area contributed by atoms with Crippen molar-refractivity contribution in [2.75, 3.05) is 17.2 Å². The highest BCUT2D eigenvalue weighted by Gasteiger charge is 2.25. The molecule has 0 bridgehead atoms. The van der Waals surface area contributed by atoms with Crippen LogP contribution in [-0.2, 0) is 11.2 Å². The average Bonchev–Trinajstić information content (AvgIpc) is 3.14. The molecule has 31 heavy (non-hydrogen) atoms. The maximum Gasteiger partial charge on any atom is 0.256 e. The van der Waals surface area contributed by atoms with Gasteiger partial charge in [0, 0.05) is 53.0 Å². The summed E-state index contributed by atoms with van der Waals surface area (Å²) in [7, 11) is 0. The predicted octanol–water partition coefficient (Wildman–Crippen LogP) is 5.06. The lowest BCUT2D eigenvalue weighted by Crippen LogP contribution is -2.05. The van der Waals surface area contributed by atoms with Crippen LogP contribution >= 0.6 is 0 Å². The molecule has 0 fully saturated rings. The van der Waals surface area contributed by atoms with Crippen LogP contribution in [0.25, 0.3) is 16.5 Å². The first-order valence-electron chi connectivity index (χ1n) is 10.4. The minimum absolute atomic E-state index is 0.0492. The third-order valence-corrected chi connectivity index (χ3v) is 5.48. The fourth-order valence-corrected chi connectivity index (χ4v) is 3.95. The Morgan fingerprint density at radius 3 is 2.55 bits per heavy atom. The summed E-state index contributed by atoms with van der Waals surface area (Å²) in [4.78, 5) is 21.0. The van der Waals surface area contributed by atoms with Gasteiger partial charge >= 0.3 is 0 Å². The normalized spacial score (nSPS) is 13.9. The number of nitrogens with zero attached hydrogens (tertiary/aromatic N) is 2. The number of aromatic nitrogens is 2. The second kappa shape index (κ2) is 8.40. The Morgan fingerprint density at radius 2 is 1.71 bits per heavy atom. The van der Waals surface area contributed by atoms with Gasteiger partial charge in [-0.2, -0.15) is 0 Å². The number of pyridine rings is 2. The molecule has 152 valence electrons. The lowest BCUT2D eigenvalue weighted by Gasteiger charge is -2.07. The molecule has 0 atom stereocenters. The van der Waals surface area contributed by atoms with E-state index in [-0.39, 0.29) is 5.91 Å². The monoisotopic (exact) mass is 406 g/mol. The lowest BCUT2D eigenvalue weighted by atomic mass is 10.0. The van der Waals surface area contributed by atoms with Gasteiger partial charge in [-0.15, -0.1) is 0 Å². The summed E-state index contributed by atoms with van der Waals surface area (Å²) in [5, 5.41) is 7.40. The minimum atomic E-state index is -0.0492. The van der Waals surface area contributed by atoms with Crippen LogP contribution in [0.3, 0.4) is 0 Å². The molecular weight excluding hydrogens is 384 g/mol. The lowest BCUT2D eigenvalue weighted by molar-refractivity contribution is -0.110. The third-order valence-electron chi connectivity index (χ3n) is 5.48. The van der Waals surface area contributed by atoms with E-state index in [0.29, 0.717) is 0 Å². The van der Waals surface area contributed by atoms with Gasteiger partial charge in [-0.3, -0.25) is 14.8 Å². The number of hydrogen-bond acceptors (Lipinski definition) is 4. The molecule has 1 amide bonds. The molecule has 0 radical (unpaired) electrons. The molecule has 5 rings (SSSR count). The van der Waals surface area contributed by atoms with Crippen LogP contribution in [-0.4, -0.2) is 22.4 Å². The fourth-order valence-electron chi connectivity index (χ4n) is 3.95. The third kappa shape index (κ3) is 4.03. The average molecular weight is 406 g/mol. The van der Waals surface area contributed by atoms with Gasteiger partial charge in [-0.1, -0.05) is 24.3 Å². The number of amides is 1. The van der Waals surface area contributed by atoms with Gasteiger partial charge in [0.25, 0.3) is 5.91 Å². The Bertz CT molecular complexity index is 1260. The van der Waals surface area contributed by atoms with Gasteiger partial charge in [0.15, 0.2) is 0 Å². The molecule has 0 aliphatic carbocycles. The summed E-state index contributed by atoms with van der Waals surface area (Å²) in [6, 6.07) is 20.3. The molecule has 3 heterocycles. The van der Waals surface area contributed by atoms with E-state index < -0.39 is 0 Å². The number of fused-ring (bicyclic) bond motifs is 3. The van der Waals surface area contributed by atoms with E-state index in [4.69, 9.17) is 0 Å². The van der Waals surface area contributed by atoms with Crippen LogP contribution in [0, 0.1) is 0 Å². The van der Waals surface area contributed by atoms with Crippen molar-refractivity contribution in [3.05, 3.63) is 102 Å². The van der Waals surface area contributed by atoms with Crippen molar-refractivity contribution < 1.29 is 4.79 Å². The molecule has 0 saturated heterocycles. The molecule has 0 saturated carbocycles. The van der Waals surface area contributed by atoms with E-state index in [0.717, 1.165) is 52.8 Å². The highest BCUT2D eigenvalue weighted by atomic mass is 16.2. The standard InChI is InChI=1S/C26H22N4O/c31-26-22(25-21-3-1-14-29-23(21)9-10-24(25)30-26)4-2-13-28-20-7-5-18(6-8-20)17-19-11-15-27-16-12-19/h1,3-12,14-16,28H,2,13,17H2,(H,30,31)/b22-4-. The van der Waals surface area contributed by atoms with E-state index in [1.807, 2.05) is 54.9 Å². The zero-order chi connectivity index (χ0) is 21.0. The predicted molar refractivity (Wildman–Crippen MR) is 125 cm³/mol. The zero-order valence-electron chi connectivity index (χ0n) is 17.0. The fraction of sp³-hybridized carbons (Fsp3) is 0.115. The number of anilines is 2. The van der Waals surface area contributed by atoms with Crippen LogP contribution in [0.2, 0.25) is 0 Å². The first-order valence-corrected chi connectivity index (χ1v) is 10.4. The summed E-state index contributed by atoms with van der Waals surface area (Å²) in [5.41, 5.74) is 7.02. The Labute approximate surface area is 180 Å². The maximum absolute atomic E-state index is 12.5. The van der Waals surface area contributed by atoms with Crippen LogP contribution < -0.4 is 10.6 Å². The molecular formula is C26H22N4O. The Hall–Kier alpha value is -3.99. The van der Waals surface area contributed by atoms with Gasteiger partial charge in [0.2, 0.25) is 0 Å². The van der Waals surface area contributed by atoms with E-state index in [2.05, 4.69) is 44.9 Å². The van der Waals surface area contributed by atoms with Gasteiger partial charge in [-0.05, 0) is 66.4 Å². The highest BCUT2D eigenvalue weighted by Crippen LogP contribution is 2.37. The number of carbonyl (C=O) groups excluding carboxylic acids is 1. The summed E-state index contributed by atoms with van der Waals surface area (Å²) < 4.78 is 0. The summed E-state index contributed by atoms with van der Waals surface area (Å²) in [6.07, 6.45) is 9.07. The Balaban J connectivity index is 1.24. The van der Waals surface area contributed by atoms with Gasteiger partial charge in [0.1, 0.15) is 0 Å². The Morgan fingerprint density at radius 1 is 0.903 bits per heavy atom. The van der Waals surface area contributed by atoms with Gasteiger partial charge in [-0.25, -0.2) is 0 Å². The van der Waals surface area contributed by atoms with Crippen LogP contribution in [0.5, 0.6) is 0 Å². The minimum Gasteiger partial charge on any atom is -0.385 e. The zero-order valence-corrected chi connectivity index (χ0v) is 17.0. The van der Waals surface area contributed by atoms with Crippen molar-refractivity contribution in [3.63, 3.8) is 0 Å². The van der Waals surface area contributed by atoms with Crippen molar-refractivity contribution in [2.24, 2.45) is 0 Å². The van der Waals surface area contributed by atoms with Crippen LogP contribution in [0.1, 0.15) is 23.1 Å². The number of rotatable bonds is 6. The maximum atomic E-state index is 12.5. The van der Waals surface area contributed by atoms with Crippen LogP contribution in [0.4, 0.5) is 11.4 Å². The summed E-state index contributed by atoms with van der Waals surface area (Å²) in [5.74, 6) is -0.0492.